The summed E-state index contributed by atoms with van der Waals surface area (Å²) < 4.78 is 6.77. The third kappa shape index (κ3) is 4.66. The molecule has 5 aromatic rings. The summed E-state index contributed by atoms with van der Waals surface area (Å²) in [5, 5.41) is 0. The molecule has 4 heteroatoms. The SMILES string of the molecule is CC(C)(C)c1ccc2c(c1)B1c3cc4c(cc3N(c3ccc(C(C)(C)C)cc3-c3ccccc3)c3nccc(c31)O2)C(C)(C)CC4(C)C. The van der Waals surface area contributed by atoms with Crippen LogP contribution in [0.15, 0.2) is 91.1 Å². The number of fused-ring (bicyclic) bond motifs is 5. The van der Waals surface area contributed by atoms with Crippen LogP contribution in [0.3, 0.4) is 0 Å². The average molecular weight is 631 g/mol. The Bertz CT molecular complexity index is 2110. The number of benzene rings is 4. The van der Waals surface area contributed by atoms with E-state index in [1.54, 1.807) is 0 Å². The van der Waals surface area contributed by atoms with E-state index in [2.05, 4.69) is 159 Å². The Morgan fingerprint density at radius 3 is 2.00 bits per heavy atom. The highest BCUT2D eigenvalue weighted by atomic mass is 16.5. The minimum Gasteiger partial charge on any atom is -0.458 e. The monoisotopic (exact) mass is 630 g/mol. The fourth-order valence-electron chi connectivity index (χ4n) is 8.76. The zero-order chi connectivity index (χ0) is 34.0. The second kappa shape index (κ2) is 10.1. The molecule has 8 rings (SSSR count). The van der Waals surface area contributed by atoms with Crippen LogP contribution in [-0.2, 0) is 21.7 Å². The summed E-state index contributed by atoms with van der Waals surface area (Å²) in [6, 6.07) is 31.8. The number of nitrogens with zero attached hydrogens (tertiary/aromatic N) is 2. The van der Waals surface area contributed by atoms with Crippen molar-refractivity contribution in [2.45, 2.75) is 97.3 Å². The minimum absolute atomic E-state index is 0.00979. The molecular formula is C44H47BN2O. The van der Waals surface area contributed by atoms with Gasteiger partial charge in [-0.2, -0.15) is 0 Å². The number of ether oxygens (including phenoxy) is 1. The molecule has 0 amide bonds. The van der Waals surface area contributed by atoms with Crippen LogP contribution in [0.1, 0.15) is 97.9 Å². The van der Waals surface area contributed by atoms with E-state index in [0.29, 0.717) is 0 Å². The smallest absolute Gasteiger partial charge is 0.258 e. The molecule has 0 saturated carbocycles. The summed E-state index contributed by atoms with van der Waals surface area (Å²) >= 11 is 0. The first-order valence-corrected chi connectivity index (χ1v) is 17.5. The summed E-state index contributed by atoms with van der Waals surface area (Å²) in [6.07, 6.45) is 3.03. The van der Waals surface area contributed by atoms with Crippen molar-refractivity contribution < 1.29 is 4.74 Å². The van der Waals surface area contributed by atoms with Gasteiger partial charge in [-0.3, -0.25) is 4.90 Å². The number of pyridine rings is 1. The van der Waals surface area contributed by atoms with Gasteiger partial charge in [-0.1, -0.05) is 124 Å². The largest absolute Gasteiger partial charge is 0.458 e. The summed E-state index contributed by atoms with van der Waals surface area (Å²) in [5.41, 5.74) is 14.2. The predicted molar refractivity (Wildman–Crippen MR) is 204 cm³/mol. The molecule has 3 aliphatic rings. The van der Waals surface area contributed by atoms with Crippen LogP contribution in [-0.4, -0.2) is 11.7 Å². The summed E-state index contributed by atoms with van der Waals surface area (Å²) in [6.45, 7) is 23.4. The molecule has 0 N–H and O–H groups in total. The van der Waals surface area contributed by atoms with E-state index < -0.39 is 0 Å². The van der Waals surface area contributed by atoms with Gasteiger partial charge in [0.1, 0.15) is 17.3 Å². The van der Waals surface area contributed by atoms with Crippen LogP contribution in [0.25, 0.3) is 11.1 Å². The average Bonchev–Trinajstić information content (AvgIpc) is 3.21. The molecule has 4 aromatic carbocycles. The third-order valence-electron chi connectivity index (χ3n) is 11.1. The van der Waals surface area contributed by atoms with Crippen molar-refractivity contribution in [3.63, 3.8) is 0 Å². The van der Waals surface area contributed by atoms with Gasteiger partial charge in [0.2, 0.25) is 0 Å². The molecule has 0 saturated heterocycles. The highest BCUT2D eigenvalue weighted by molar-refractivity contribution is 6.99. The lowest BCUT2D eigenvalue weighted by atomic mass is 9.34. The first kappa shape index (κ1) is 31.0. The number of rotatable bonds is 2. The Balaban J connectivity index is 1.47. The number of hydrogen-bond donors (Lipinski definition) is 0. The first-order valence-electron chi connectivity index (χ1n) is 17.5. The second-order valence-electron chi connectivity index (χ2n) is 17.7. The molecule has 0 fully saturated rings. The van der Waals surface area contributed by atoms with E-state index in [1.807, 2.05) is 6.20 Å². The molecule has 1 aliphatic carbocycles. The van der Waals surface area contributed by atoms with Gasteiger partial charge in [0, 0.05) is 22.9 Å². The lowest BCUT2D eigenvalue weighted by Crippen LogP contribution is -2.60. The van der Waals surface area contributed by atoms with E-state index in [-0.39, 0.29) is 28.4 Å². The Hall–Kier alpha value is -4.31. The molecule has 0 atom stereocenters. The number of anilines is 3. The van der Waals surface area contributed by atoms with Crippen molar-refractivity contribution in [3.05, 3.63) is 113 Å². The molecule has 0 bridgehead atoms. The Morgan fingerprint density at radius 1 is 0.667 bits per heavy atom. The minimum atomic E-state index is 0.00979. The van der Waals surface area contributed by atoms with E-state index in [0.717, 1.165) is 34.9 Å². The van der Waals surface area contributed by atoms with E-state index in [9.17, 15) is 0 Å². The van der Waals surface area contributed by atoms with Crippen LogP contribution in [0.5, 0.6) is 11.5 Å². The first-order chi connectivity index (χ1) is 22.5. The highest BCUT2D eigenvalue weighted by Gasteiger charge is 2.48. The summed E-state index contributed by atoms with van der Waals surface area (Å²) in [4.78, 5) is 7.67. The van der Waals surface area contributed by atoms with Crippen molar-refractivity contribution >= 4 is 40.3 Å². The summed E-state index contributed by atoms with van der Waals surface area (Å²) in [7, 11) is 0. The lowest BCUT2D eigenvalue weighted by molar-refractivity contribution is 0.403. The van der Waals surface area contributed by atoms with Crippen molar-refractivity contribution in [3.8, 4) is 22.6 Å². The van der Waals surface area contributed by atoms with Crippen molar-refractivity contribution in [2.75, 3.05) is 4.90 Å². The standard InChI is InChI=1S/C44H47BN2O/c1-41(2,3)28-16-18-35(30(22-28)27-14-12-11-13-15-27)47-36-25-32-31(43(7,8)26-44(32,9)10)24-33(36)45-34-23-29(42(4,5)6)17-19-37(34)48-38-20-21-46-40(47)39(38)45/h11-25H,26H2,1-10H3. The van der Waals surface area contributed by atoms with Gasteiger partial charge in [-0.25, -0.2) is 4.98 Å². The molecule has 0 radical (unpaired) electrons. The van der Waals surface area contributed by atoms with E-state index in [4.69, 9.17) is 9.72 Å². The van der Waals surface area contributed by atoms with Gasteiger partial charge in [-0.15, -0.1) is 0 Å². The van der Waals surface area contributed by atoms with E-state index >= 15 is 0 Å². The van der Waals surface area contributed by atoms with Gasteiger partial charge >= 0.3 is 0 Å². The lowest BCUT2D eigenvalue weighted by Gasteiger charge is -2.41. The van der Waals surface area contributed by atoms with Crippen LogP contribution in [0.2, 0.25) is 0 Å². The molecule has 48 heavy (non-hydrogen) atoms. The molecule has 0 unspecified atom stereocenters. The van der Waals surface area contributed by atoms with Gasteiger partial charge < -0.3 is 4.74 Å². The molecular weight excluding hydrogens is 583 g/mol. The van der Waals surface area contributed by atoms with Crippen LogP contribution < -0.4 is 26.0 Å². The maximum Gasteiger partial charge on any atom is 0.258 e. The van der Waals surface area contributed by atoms with Crippen LogP contribution in [0.4, 0.5) is 17.2 Å². The van der Waals surface area contributed by atoms with Crippen molar-refractivity contribution in [2.24, 2.45) is 0 Å². The zero-order valence-corrected chi connectivity index (χ0v) is 30.2. The predicted octanol–water partition coefficient (Wildman–Crippen LogP) is 9.71. The normalized spacial score (nSPS) is 16.9. The van der Waals surface area contributed by atoms with Crippen molar-refractivity contribution in [1.82, 2.24) is 4.98 Å². The number of hydrogen-bond acceptors (Lipinski definition) is 3. The molecule has 3 heterocycles. The maximum absolute atomic E-state index is 6.77. The number of aromatic nitrogens is 1. The fraction of sp³-hybridized carbons (Fsp3) is 0.341. The van der Waals surface area contributed by atoms with Gasteiger partial charge in [0.05, 0.1) is 5.69 Å². The maximum atomic E-state index is 6.77. The van der Waals surface area contributed by atoms with E-state index in [1.165, 1.54) is 50.0 Å². The van der Waals surface area contributed by atoms with Crippen LogP contribution >= 0.6 is 0 Å². The molecule has 242 valence electrons. The van der Waals surface area contributed by atoms with Crippen molar-refractivity contribution in [1.29, 1.82) is 0 Å². The Morgan fingerprint density at radius 2 is 1.31 bits per heavy atom. The topological polar surface area (TPSA) is 25.4 Å². The second-order valence-corrected chi connectivity index (χ2v) is 17.7. The third-order valence-corrected chi connectivity index (χ3v) is 11.1. The quantitative estimate of drug-likeness (QED) is 0.178. The Labute approximate surface area is 287 Å². The highest BCUT2D eigenvalue weighted by Crippen LogP contribution is 2.52. The fourth-order valence-corrected chi connectivity index (χ4v) is 8.76. The molecule has 2 aliphatic heterocycles. The van der Waals surface area contributed by atoms with Gasteiger partial charge in [0.25, 0.3) is 6.71 Å². The summed E-state index contributed by atoms with van der Waals surface area (Å²) in [5.74, 6) is 2.79. The molecule has 1 aromatic heterocycles. The van der Waals surface area contributed by atoms with Gasteiger partial charge in [-0.05, 0) is 97.2 Å². The Kier molecular flexibility index (Phi) is 6.53. The molecule has 0 spiro atoms. The van der Waals surface area contributed by atoms with Gasteiger partial charge in [0.15, 0.2) is 0 Å². The van der Waals surface area contributed by atoms with Crippen LogP contribution in [0, 0.1) is 0 Å². The molecule has 3 nitrogen and oxygen atoms in total. The zero-order valence-electron chi connectivity index (χ0n) is 30.2.